The van der Waals surface area contributed by atoms with Gasteiger partial charge in [0.05, 0.1) is 12.2 Å². The van der Waals surface area contributed by atoms with E-state index in [1.54, 1.807) is 36.4 Å². The van der Waals surface area contributed by atoms with Gasteiger partial charge >= 0.3 is 6.18 Å². The van der Waals surface area contributed by atoms with Crippen LogP contribution < -0.4 is 15.0 Å². The van der Waals surface area contributed by atoms with Crippen LogP contribution in [0.25, 0.3) is 0 Å². The zero-order valence-electron chi connectivity index (χ0n) is 14.0. The number of halogens is 3. The number of rotatable bonds is 8. The Kier molecular flexibility index (Phi) is 6.66. The third-order valence-electron chi connectivity index (χ3n) is 3.39. The molecule has 7 heteroatoms. The molecular formula is C19H19F3N2O2. The first kappa shape index (κ1) is 19.4. The SMILES string of the molecule is C=CCN(C(=O)CNc1ccccc1OCC(F)(F)F)c1ccccc1. The number of anilines is 2. The molecule has 1 amide bonds. The number of para-hydroxylation sites is 3. The maximum atomic E-state index is 12.5. The van der Waals surface area contributed by atoms with Crippen LogP contribution >= 0.6 is 0 Å². The molecule has 4 nitrogen and oxygen atoms in total. The van der Waals surface area contributed by atoms with E-state index < -0.39 is 12.8 Å². The van der Waals surface area contributed by atoms with Crippen molar-refractivity contribution in [2.75, 3.05) is 29.9 Å². The molecule has 2 aromatic rings. The third-order valence-corrected chi connectivity index (χ3v) is 3.39. The summed E-state index contributed by atoms with van der Waals surface area (Å²) in [6.07, 6.45) is -2.83. The van der Waals surface area contributed by atoms with Crippen molar-refractivity contribution in [3.8, 4) is 5.75 Å². The monoisotopic (exact) mass is 364 g/mol. The van der Waals surface area contributed by atoms with Crippen LogP contribution in [-0.4, -0.2) is 31.8 Å². The average Bonchev–Trinajstić information content (AvgIpc) is 2.63. The van der Waals surface area contributed by atoms with Crippen LogP contribution in [0.4, 0.5) is 24.5 Å². The largest absolute Gasteiger partial charge is 0.482 e. The molecule has 0 radical (unpaired) electrons. The molecule has 1 N–H and O–H groups in total. The summed E-state index contributed by atoms with van der Waals surface area (Å²) in [5, 5.41) is 2.84. The number of nitrogens with one attached hydrogen (secondary N) is 1. The van der Waals surface area contributed by atoms with Crippen LogP contribution in [0.15, 0.2) is 67.3 Å². The van der Waals surface area contributed by atoms with Crippen LogP contribution in [0, 0.1) is 0 Å². The van der Waals surface area contributed by atoms with E-state index in [4.69, 9.17) is 4.74 Å². The minimum atomic E-state index is -4.43. The van der Waals surface area contributed by atoms with Crippen LogP contribution in [0.2, 0.25) is 0 Å². The Morgan fingerprint density at radius 1 is 1.12 bits per heavy atom. The molecule has 138 valence electrons. The maximum absolute atomic E-state index is 12.5. The number of benzene rings is 2. The van der Waals surface area contributed by atoms with Crippen LogP contribution in [0.5, 0.6) is 5.75 Å². The molecule has 0 atom stereocenters. The highest BCUT2D eigenvalue weighted by Gasteiger charge is 2.28. The van der Waals surface area contributed by atoms with Gasteiger partial charge in [-0.1, -0.05) is 36.4 Å². The number of alkyl halides is 3. The number of carbonyl (C=O) groups is 1. The van der Waals surface area contributed by atoms with E-state index in [1.165, 1.54) is 11.0 Å². The summed E-state index contributed by atoms with van der Waals surface area (Å²) in [5.41, 5.74) is 1.03. The smallest absolute Gasteiger partial charge is 0.422 e. The Hall–Kier alpha value is -2.96. The first-order valence-corrected chi connectivity index (χ1v) is 7.89. The molecule has 26 heavy (non-hydrogen) atoms. The van der Waals surface area contributed by atoms with Crippen molar-refractivity contribution in [1.82, 2.24) is 0 Å². The summed E-state index contributed by atoms with van der Waals surface area (Å²) < 4.78 is 41.8. The maximum Gasteiger partial charge on any atom is 0.422 e. The van der Waals surface area contributed by atoms with E-state index in [1.807, 2.05) is 18.2 Å². The van der Waals surface area contributed by atoms with Gasteiger partial charge in [-0.2, -0.15) is 13.2 Å². The normalized spacial score (nSPS) is 10.9. The Morgan fingerprint density at radius 3 is 2.42 bits per heavy atom. The highest BCUT2D eigenvalue weighted by molar-refractivity contribution is 5.96. The van der Waals surface area contributed by atoms with Crippen molar-refractivity contribution in [3.05, 3.63) is 67.3 Å². The highest BCUT2D eigenvalue weighted by atomic mass is 19.4. The molecule has 0 aliphatic heterocycles. The molecule has 0 heterocycles. The van der Waals surface area contributed by atoms with Gasteiger partial charge in [0.15, 0.2) is 6.61 Å². The van der Waals surface area contributed by atoms with E-state index in [9.17, 15) is 18.0 Å². The first-order valence-electron chi connectivity index (χ1n) is 7.89. The minimum Gasteiger partial charge on any atom is -0.482 e. The Morgan fingerprint density at radius 2 is 1.77 bits per heavy atom. The number of nitrogens with zero attached hydrogens (tertiary/aromatic N) is 1. The van der Waals surface area contributed by atoms with Gasteiger partial charge < -0.3 is 15.0 Å². The van der Waals surface area contributed by atoms with E-state index in [0.29, 0.717) is 17.9 Å². The van der Waals surface area contributed by atoms with Crippen LogP contribution in [0.3, 0.4) is 0 Å². The summed E-state index contributed by atoms with van der Waals surface area (Å²) in [6.45, 7) is 2.46. The molecular weight excluding hydrogens is 345 g/mol. The van der Waals surface area contributed by atoms with Gasteiger partial charge in [0.1, 0.15) is 5.75 Å². The van der Waals surface area contributed by atoms with Gasteiger partial charge in [-0.25, -0.2) is 0 Å². The fourth-order valence-corrected chi connectivity index (χ4v) is 2.25. The number of hydrogen-bond donors (Lipinski definition) is 1. The molecule has 0 aliphatic carbocycles. The highest BCUT2D eigenvalue weighted by Crippen LogP contribution is 2.26. The van der Waals surface area contributed by atoms with Gasteiger partial charge in [0, 0.05) is 12.2 Å². The van der Waals surface area contributed by atoms with Gasteiger partial charge in [-0.15, -0.1) is 6.58 Å². The Labute approximate surface area is 149 Å². The lowest BCUT2D eigenvalue weighted by molar-refractivity contribution is -0.153. The zero-order valence-corrected chi connectivity index (χ0v) is 14.0. The molecule has 0 fully saturated rings. The summed E-state index contributed by atoms with van der Waals surface area (Å²) in [5.74, 6) is -0.214. The van der Waals surface area contributed by atoms with Gasteiger partial charge in [-0.3, -0.25) is 4.79 Å². The molecule has 0 unspecified atom stereocenters. The molecule has 0 saturated heterocycles. The van der Waals surface area contributed by atoms with E-state index in [-0.39, 0.29) is 18.2 Å². The summed E-state index contributed by atoms with van der Waals surface area (Å²) >= 11 is 0. The Bertz CT molecular complexity index is 733. The lowest BCUT2D eigenvalue weighted by atomic mass is 10.2. The van der Waals surface area contributed by atoms with Crippen molar-refractivity contribution >= 4 is 17.3 Å². The number of amides is 1. The second-order valence-corrected chi connectivity index (χ2v) is 5.38. The van der Waals surface area contributed by atoms with Crippen molar-refractivity contribution in [1.29, 1.82) is 0 Å². The predicted octanol–water partition coefficient (Wildman–Crippen LogP) is 4.26. The van der Waals surface area contributed by atoms with E-state index >= 15 is 0 Å². The van der Waals surface area contributed by atoms with Crippen molar-refractivity contribution < 1.29 is 22.7 Å². The van der Waals surface area contributed by atoms with Gasteiger partial charge in [0.2, 0.25) is 5.91 Å². The minimum absolute atomic E-state index is 0.0348. The molecule has 0 bridgehead atoms. The zero-order chi connectivity index (χ0) is 19.0. The summed E-state index contributed by atoms with van der Waals surface area (Å²) in [7, 11) is 0. The van der Waals surface area contributed by atoms with Gasteiger partial charge in [0.25, 0.3) is 0 Å². The molecule has 2 rings (SSSR count). The fourth-order valence-electron chi connectivity index (χ4n) is 2.25. The fraction of sp³-hybridized carbons (Fsp3) is 0.211. The standard InChI is InChI=1S/C19H19F3N2O2/c1-2-12-24(15-8-4-3-5-9-15)18(25)13-23-16-10-6-7-11-17(16)26-14-19(20,21)22/h2-11,23H,1,12-14H2. The third kappa shape index (κ3) is 5.84. The van der Waals surface area contributed by atoms with E-state index in [0.717, 1.165) is 0 Å². The molecule has 2 aromatic carbocycles. The lowest BCUT2D eigenvalue weighted by Crippen LogP contribution is -2.35. The average molecular weight is 364 g/mol. The summed E-state index contributed by atoms with van der Waals surface area (Å²) in [4.78, 5) is 14.1. The molecule has 0 aliphatic rings. The van der Waals surface area contributed by atoms with Crippen molar-refractivity contribution in [2.24, 2.45) is 0 Å². The van der Waals surface area contributed by atoms with Crippen LogP contribution in [-0.2, 0) is 4.79 Å². The second-order valence-electron chi connectivity index (χ2n) is 5.38. The lowest BCUT2D eigenvalue weighted by Gasteiger charge is -2.22. The quantitative estimate of drug-likeness (QED) is 0.712. The predicted molar refractivity (Wildman–Crippen MR) is 95.5 cm³/mol. The van der Waals surface area contributed by atoms with Crippen LogP contribution in [0.1, 0.15) is 0 Å². The van der Waals surface area contributed by atoms with Gasteiger partial charge in [-0.05, 0) is 24.3 Å². The molecule has 0 aromatic heterocycles. The number of hydrogen-bond acceptors (Lipinski definition) is 3. The molecule has 0 saturated carbocycles. The first-order chi connectivity index (χ1) is 12.4. The Balaban J connectivity index is 2.05. The molecule has 0 spiro atoms. The number of ether oxygens (including phenoxy) is 1. The number of carbonyl (C=O) groups excluding carboxylic acids is 1. The second kappa shape index (κ2) is 8.94. The van der Waals surface area contributed by atoms with E-state index in [2.05, 4.69) is 11.9 Å². The summed E-state index contributed by atoms with van der Waals surface area (Å²) in [6, 6.07) is 15.2. The van der Waals surface area contributed by atoms with Crippen molar-refractivity contribution in [3.63, 3.8) is 0 Å². The van der Waals surface area contributed by atoms with Crippen molar-refractivity contribution in [2.45, 2.75) is 6.18 Å². The topological polar surface area (TPSA) is 41.6 Å².